The molecule has 0 heterocycles. The number of anilines is 1. The number of hydrogen-bond donors (Lipinski definition) is 1. The van der Waals surface area contributed by atoms with Crippen molar-refractivity contribution in [1.82, 2.24) is 0 Å². The summed E-state index contributed by atoms with van der Waals surface area (Å²) >= 11 is 0. The summed E-state index contributed by atoms with van der Waals surface area (Å²) in [5.41, 5.74) is 0.215. The van der Waals surface area contributed by atoms with Crippen molar-refractivity contribution in [1.29, 1.82) is 0 Å². The Hall–Kier alpha value is -2.89. The predicted molar refractivity (Wildman–Crippen MR) is 118 cm³/mol. The van der Waals surface area contributed by atoms with Gasteiger partial charge in [0.1, 0.15) is 17.1 Å². The Morgan fingerprint density at radius 2 is 1.84 bits per heavy atom. The minimum Gasteiger partial charge on any atom is -0.490 e. The average Bonchev–Trinajstić information content (AvgIpc) is 3.26. The first kappa shape index (κ1) is 22.8. The third-order valence-corrected chi connectivity index (χ3v) is 5.92. The number of hydrogen-bond acceptors (Lipinski definition) is 4. The molecule has 1 atom stereocenters. The van der Waals surface area contributed by atoms with E-state index in [2.05, 4.69) is 5.32 Å². The van der Waals surface area contributed by atoms with Gasteiger partial charge in [-0.2, -0.15) is 0 Å². The topological polar surface area (TPSA) is 64.6 Å². The van der Waals surface area contributed by atoms with Gasteiger partial charge in [-0.3, -0.25) is 4.79 Å². The molecule has 1 saturated carbocycles. The normalized spacial score (nSPS) is 15.9. The number of amides is 1. The summed E-state index contributed by atoms with van der Waals surface area (Å²) < 4.78 is 25.6. The van der Waals surface area contributed by atoms with Crippen molar-refractivity contribution in [3.63, 3.8) is 0 Å². The summed E-state index contributed by atoms with van der Waals surface area (Å²) in [6.07, 6.45) is 3.59. The van der Waals surface area contributed by atoms with Gasteiger partial charge in [-0.15, -0.1) is 0 Å². The van der Waals surface area contributed by atoms with Gasteiger partial charge in [0.05, 0.1) is 18.1 Å². The SMILES string of the molecule is CCOC(=O)c1cc(NC(=O)C2(c3ccccc3F)CCCC2)ccc1OC(C)CC. The summed E-state index contributed by atoms with van der Waals surface area (Å²) in [5, 5.41) is 2.91. The smallest absolute Gasteiger partial charge is 0.341 e. The van der Waals surface area contributed by atoms with Crippen LogP contribution in [0.4, 0.5) is 10.1 Å². The van der Waals surface area contributed by atoms with Crippen LogP contribution in [0.5, 0.6) is 5.75 Å². The highest BCUT2D eigenvalue weighted by atomic mass is 19.1. The maximum absolute atomic E-state index is 14.6. The van der Waals surface area contributed by atoms with Crippen molar-refractivity contribution in [3.05, 3.63) is 59.4 Å². The molecule has 0 aliphatic heterocycles. The molecule has 1 aliphatic rings. The highest BCUT2D eigenvalue weighted by Crippen LogP contribution is 2.43. The van der Waals surface area contributed by atoms with E-state index in [1.54, 1.807) is 43.3 Å². The van der Waals surface area contributed by atoms with E-state index in [4.69, 9.17) is 9.47 Å². The first-order chi connectivity index (χ1) is 14.9. The molecule has 0 bridgehead atoms. The zero-order valence-electron chi connectivity index (χ0n) is 18.4. The molecule has 1 amide bonds. The third-order valence-electron chi connectivity index (χ3n) is 5.92. The monoisotopic (exact) mass is 427 g/mol. The molecule has 0 radical (unpaired) electrons. The molecule has 166 valence electrons. The fraction of sp³-hybridized carbons (Fsp3) is 0.440. The van der Waals surface area contributed by atoms with E-state index in [1.165, 1.54) is 6.07 Å². The van der Waals surface area contributed by atoms with Gasteiger partial charge in [0.15, 0.2) is 0 Å². The zero-order valence-corrected chi connectivity index (χ0v) is 18.4. The molecule has 2 aromatic rings. The summed E-state index contributed by atoms with van der Waals surface area (Å²) in [6, 6.07) is 11.4. The van der Waals surface area contributed by atoms with Crippen molar-refractivity contribution in [3.8, 4) is 5.75 Å². The van der Waals surface area contributed by atoms with E-state index in [1.807, 2.05) is 13.8 Å². The molecule has 1 fully saturated rings. The van der Waals surface area contributed by atoms with Gasteiger partial charge >= 0.3 is 5.97 Å². The molecule has 5 nitrogen and oxygen atoms in total. The molecular formula is C25H30FNO4. The van der Waals surface area contributed by atoms with Gasteiger partial charge in [0, 0.05) is 11.3 Å². The third kappa shape index (κ3) is 4.89. The Labute approximate surface area is 182 Å². The largest absolute Gasteiger partial charge is 0.490 e. The van der Waals surface area contributed by atoms with E-state index in [0.29, 0.717) is 29.8 Å². The van der Waals surface area contributed by atoms with Crippen molar-refractivity contribution >= 4 is 17.6 Å². The number of halogens is 1. The van der Waals surface area contributed by atoms with Gasteiger partial charge in [-0.05, 0) is 57.4 Å². The Morgan fingerprint density at radius 3 is 2.48 bits per heavy atom. The first-order valence-electron chi connectivity index (χ1n) is 11.0. The van der Waals surface area contributed by atoms with E-state index in [-0.39, 0.29) is 30.0 Å². The predicted octanol–water partition coefficient (Wildman–Crippen LogP) is 5.63. The Kier molecular flexibility index (Phi) is 7.31. The number of benzene rings is 2. The summed E-state index contributed by atoms with van der Waals surface area (Å²) in [4.78, 5) is 25.9. The molecule has 6 heteroatoms. The highest BCUT2D eigenvalue weighted by molar-refractivity contribution is 6.01. The van der Waals surface area contributed by atoms with Crippen LogP contribution in [0.15, 0.2) is 42.5 Å². The summed E-state index contributed by atoms with van der Waals surface area (Å²) in [6.45, 7) is 5.88. The van der Waals surface area contributed by atoms with Crippen molar-refractivity contribution in [2.24, 2.45) is 0 Å². The number of rotatable bonds is 8. The highest BCUT2D eigenvalue weighted by Gasteiger charge is 2.44. The lowest BCUT2D eigenvalue weighted by molar-refractivity contribution is -0.121. The fourth-order valence-corrected chi connectivity index (χ4v) is 4.08. The van der Waals surface area contributed by atoms with Crippen molar-refractivity contribution in [2.75, 3.05) is 11.9 Å². The number of carbonyl (C=O) groups is 2. The molecule has 1 N–H and O–H groups in total. The van der Waals surface area contributed by atoms with Crippen LogP contribution in [0.1, 0.15) is 68.8 Å². The second-order valence-electron chi connectivity index (χ2n) is 7.99. The second-order valence-corrected chi connectivity index (χ2v) is 7.99. The van der Waals surface area contributed by atoms with E-state index < -0.39 is 11.4 Å². The van der Waals surface area contributed by atoms with E-state index in [0.717, 1.165) is 19.3 Å². The Balaban J connectivity index is 1.92. The molecular weight excluding hydrogens is 397 g/mol. The lowest BCUT2D eigenvalue weighted by Gasteiger charge is -2.29. The van der Waals surface area contributed by atoms with Crippen LogP contribution in [0.3, 0.4) is 0 Å². The van der Waals surface area contributed by atoms with Crippen LogP contribution >= 0.6 is 0 Å². The van der Waals surface area contributed by atoms with Crippen LogP contribution in [0, 0.1) is 5.82 Å². The van der Waals surface area contributed by atoms with Crippen LogP contribution in [-0.2, 0) is 14.9 Å². The van der Waals surface area contributed by atoms with Crippen LogP contribution < -0.4 is 10.1 Å². The summed E-state index contributed by atoms with van der Waals surface area (Å²) in [5.74, 6) is -0.735. The Morgan fingerprint density at radius 1 is 1.13 bits per heavy atom. The van der Waals surface area contributed by atoms with Gasteiger partial charge in [0.25, 0.3) is 0 Å². The van der Waals surface area contributed by atoms with E-state index >= 15 is 0 Å². The van der Waals surface area contributed by atoms with Crippen LogP contribution in [0.2, 0.25) is 0 Å². The standard InChI is InChI=1S/C25H30FNO4/c1-4-17(3)31-22-13-12-18(16-19(22)23(28)30-5-2)27-24(29)25(14-8-9-15-25)20-10-6-7-11-21(20)26/h6-7,10-13,16-17H,4-5,8-9,14-15H2,1-3H3,(H,27,29). The quantitative estimate of drug-likeness (QED) is 0.555. The lowest BCUT2D eigenvalue weighted by atomic mass is 9.77. The second kappa shape index (κ2) is 9.94. The maximum atomic E-state index is 14.6. The number of esters is 1. The molecule has 1 unspecified atom stereocenters. The van der Waals surface area contributed by atoms with Crippen molar-refractivity contribution < 1.29 is 23.5 Å². The van der Waals surface area contributed by atoms with Gasteiger partial charge in [0.2, 0.25) is 5.91 Å². The number of carbonyl (C=O) groups excluding carboxylic acids is 2. The molecule has 31 heavy (non-hydrogen) atoms. The minimum atomic E-state index is -0.915. The average molecular weight is 428 g/mol. The summed E-state index contributed by atoms with van der Waals surface area (Å²) in [7, 11) is 0. The van der Waals surface area contributed by atoms with Gasteiger partial charge < -0.3 is 14.8 Å². The van der Waals surface area contributed by atoms with Gasteiger partial charge in [-0.1, -0.05) is 38.0 Å². The molecule has 1 aliphatic carbocycles. The Bertz CT molecular complexity index is 937. The fourth-order valence-electron chi connectivity index (χ4n) is 4.08. The van der Waals surface area contributed by atoms with Crippen molar-refractivity contribution in [2.45, 2.75) is 64.4 Å². The number of ether oxygens (including phenoxy) is 2. The lowest BCUT2D eigenvalue weighted by Crippen LogP contribution is -2.38. The molecule has 2 aromatic carbocycles. The molecule has 0 saturated heterocycles. The molecule has 0 aromatic heterocycles. The van der Waals surface area contributed by atoms with Gasteiger partial charge in [-0.25, -0.2) is 9.18 Å². The zero-order chi connectivity index (χ0) is 22.4. The molecule has 3 rings (SSSR count). The van der Waals surface area contributed by atoms with Crippen LogP contribution in [-0.4, -0.2) is 24.6 Å². The minimum absolute atomic E-state index is 0.0727. The van der Waals surface area contributed by atoms with Crippen LogP contribution in [0.25, 0.3) is 0 Å². The maximum Gasteiger partial charge on any atom is 0.341 e. The number of nitrogens with one attached hydrogen (secondary N) is 1. The molecule has 0 spiro atoms. The van der Waals surface area contributed by atoms with E-state index in [9.17, 15) is 14.0 Å². The first-order valence-corrected chi connectivity index (χ1v) is 11.0.